The summed E-state index contributed by atoms with van der Waals surface area (Å²) in [5, 5.41) is 3.39. The lowest BCUT2D eigenvalue weighted by Gasteiger charge is -2.32. The van der Waals surface area contributed by atoms with Crippen molar-refractivity contribution in [2.75, 3.05) is 20.3 Å². The fourth-order valence-corrected chi connectivity index (χ4v) is 2.63. The maximum absolute atomic E-state index is 12.4. The third kappa shape index (κ3) is 3.56. The molecule has 2 rings (SSSR count). The molecular formula is C17H25NO3. The zero-order valence-corrected chi connectivity index (χ0v) is 13.1. The molecule has 1 aliphatic carbocycles. The molecule has 1 aromatic carbocycles. The maximum atomic E-state index is 12.4. The second-order valence-corrected chi connectivity index (χ2v) is 5.72. The Morgan fingerprint density at radius 1 is 1.38 bits per heavy atom. The van der Waals surface area contributed by atoms with Crippen LogP contribution in [0.2, 0.25) is 0 Å². The molecule has 1 unspecified atom stereocenters. The highest BCUT2D eigenvalue weighted by molar-refractivity contribution is 5.82. The van der Waals surface area contributed by atoms with E-state index in [1.54, 1.807) is 0 Å². The number of carbonyl (C=O) groups is 1. The minimum Gasteiger partial charge on any atom is -0.491 e. The number of ether oxygens (including phenoxy) is 2. The van der Waals surface area contributed by atoms with E-state index in [-0.39, 0.29) is 5.97 Å². The molecule has 1 aliphatic rings. The van der Waals surface area contributed by atoms with Crippen LogP contribution in [-0.2, 0) is 9.53 Å². The van der Waals surface area contributed by atoms with E-state index in [1.165, 1.54) is 7.11 Å². The average Bonchev–Trinajstić information content (AvgIpc) is 3.34. The number of nitrogens with one attached hydrogen (secondary N) is 1. The Morgan fingerprint density at radius 3 is 2.67 bits per heavy atom. The van der Waals surface area contributed by atoms with E-state index in [0.717, 1.165) is 37.1 Å². The van der Waals surface area contributed by atoms with Crippen LogP contribution in [0.3, 0.4) is 0 Å². The standard InChI is InChI=1S/C17H25NO3/c1-4-11-18-17(14-9-10-14,16(19)20-3)12-21-15-8-6-5-7-13(15)2/h5-8,14,18H,4,9-12H2,1-3H3. The highest BCUT2D eigenvalue weighted by atomic mass is 16.5. The second kappa shape index (κ2) is 6.94. The second-order valence-electron chi connectivity index (χ2n) is 5.72. The molecule has 4 nitrogen and oxygen atoms in total. The predicted octanol–water partition coefficient (Wildman–Crippen LogP) is 2.70. The number of rotatable bonds is 8. The van der Waals surface area contributed by atoms with Crippen LogP contribution in [0.25, 0.3) is 0 Å². The maximum Gasteiger partial charge on any atom is 0.329 e. The molecule has 0 saturated heterocycles. The summed E-state index contributed by atoms with van der Waals surface area (Å²) in [4.78, 5) is 12.4. The van der Waals surface area contributed by atoms with Crippen LogP contribution in [0.4, 0.5) is 0 Å². The van der Waals surface area contributed by atoms with E-state index >= 15 is 0 Å². The van der Waals surface area contributed by atoms with E-state index in [2.05, 4.69) is 12.2 Å². The lowest BCUT2D eigenvalue weighted by atomic mass is 9.93. The third-order valence-electron chi connectivity index (χ3n) is 4.06. The summed E-state index contributed by atoms with van der Waals surface area (Å²) < 4.78 is 11.0. The van der Waals surface area contributed by atoms with Gasteiger partial charge in [0.15, 0.2) is 5.54 Å². The number of methoxy groups -OCH3 is 1. The summed E-state index contributed by atoms with van der Waals surface area (Å²) >= 11 is 0. The minimum atomic E-state index is -0.715. The van der Waals surface area contributed by atoms with Crippen molar-refractivity contribution in [2.45, 2.75) is 38.6 Å². The molecule has 0 amide bonds. The monoisotopic (exact) mass is 291 g/mol. The van der Waals surface area contributed by atoms with Crippen molar-refractivity contribution in [1.82, 2.24) is 5.32 Å². The summed E-state index contributed by atoms with van der Waals surface area (Å²) in [7, 11) is 1.45. The Kier molecular flexibility index (Phi) is 5.23. The summed E-state index contributed by atoms with van der Waals surface area (Å²) in [6.07, 6.45) is 3.06. The van der Waals surface area contributed by atoms with Gasteiger partial charge in [-0.05, 0) is 50.3 Å². The molecule has 1 N–H and O–H groups in total. The van der Waals surface area contributed by atoms with Gasteiger partial charge in [0.05, 0.1) is 7.11 Å². The van der Waals surface area contributed by atoms with Crippen molar-refractivity contribution < 1.29 is 14.3 Å². The first-order valence-electron chi connectivity index (χ1n) is 7.66. The minimum absolute atomic E-state index is 0.216. The summed E-state index contributed by atoms with van der Waals surface area (Å²) in [5.74, 6) is 0.914. The summed E-state index contributed by atoms with van der Waals surface area (Å²) in [6, 6.07) is 7.86. The van der Waals surface area contributed by atoms with Crippen LogP contribution >= 0.6 is 0 Å². The van der Waals surface area contributed by atoms with Gasteiger partial charge in [0.2, 0.25) is 0 Å². The fourth-order valence-electron chi connectivity index (χ4n) is 2.63. The Bertz CT molecular complexity index is 485. The molecule has 0 heterocycles. The van der Waals surface area contributed by atoms with E-state index < -0.39 is 5.54 Å². The SMILES string of the molecule is CCCNC(COc1ccccc1C)(C(=O)OC)C1CC1. The molecule has 0 radical (unpaired) electrons. The average molecular weight is 291 g/mol. The van der Waals surface area contributed by atoms with Gasteiger partial charge in [0.1, 0.15) is 12.4 Å². The molecular weight excluding hydrogens is 266 g/mol. The lowest BCUT2D eigenvalue weighted by molar-refractivity contribution is -0.151. The number of benzene rings is 1. The summed E-state index contributed by atoms with van der Waals surface area (Å²) in [6.45, 7) is 5.19. The first kappa shape index (κ1) is 15.8. The van der Waals surface area contributed by atoms with Crippen LogP contribution in [0.1, 0.15) is 31.7 Å². The molecule has 1 fully saturated rings. The highest BCUT2D eigenvalue weighted by Gasteiger charge is 2.52. The molecule has 1 atom stereocenters. The van der Waals surface area contributed by atoms with Crippen LogP contribution in [0.5, 0.6) is 5.75 Å². The van der Waals surface area contributed by atoms with Crippen LogP contribution < -0.4 is 10.1 Å². The van der Waals surface area contributed by atoms with Crippen molar-refractivity contribution >= 4 is 5.97 Å². The van der Waals surface area contributed by atoms with E-state index in [1.807, 2.05) is 31.2 Å². The summed E-state index contributed by atoms with van der Waals surface area (Å²) in [5.41, 5.74) is 0.357. The topological polar surface area (TPSA) is 47.6 Å². The Labute approximate surface area is 126 Å². The Hall–Kier alpha value is -1.55. The van der Waals surface area contributed by atoms with Crippen molar-refractivity contribution in [3.05, 3.63) is 29.8 Å². The molecule has 116 valence electrons. The van der Waals surface area contributed by atoms with Crippen LogP contribution in [0.15, 0.2) is 24.3 Å². The molecule has 0 bridgehead atoms. The van der Waals surface area contributed by atoms with Crippen LogP contribution in [0, 0.1) is 12.8 Å². The van der Waals surface area contributed by atoms with E-state index in [4.69, 9.17) is 9.47 Å². The first-order chi connectivity index (χ1) is 10.1. The normalized spacial score (nSPS) is 17.1. The van der Waals surface area contributed by atoms with Gasteiger partial charge in [0, 0.05) is 0 Å². The predicted molar refractivity (Wildman–Crippen MR) is 82.4 cm³/mol. The number of para-hydroxylation sites is 1. The van der Waals surface area contributed by atoms with Gasteiger partial charge in [-0.1, -0.05) is 25.1 Å². The molecule has 0 aliphatic heterocycles. The zero-order valence-electron chi connectivity index (χ0n) is 13.1. The van der Waals surface area contributed by atoms with Gasteiger partial charge >= 0.3 is 5.97 Å². The van der Waals surface area contributed by atoms with E-state index in [0.29, 0.717) is 12.5 Å². The molecule has 1 aromatic rings. The van der Waals surface area contributed by atoms with Crippen molar-refractivity contribution in [2.24, 2.45) is 5.92 Å². The van der Waals surface area contributed by atoms with Gasteiger partial charge in [-0.15, -0.1) is 0 Å². The van der Waals surface area contributed by atoms with Gasteiger partial charge in [-0.25, -0.2) is 4.79 Å². The van der Waals surface area contributed by atoms with E-state index in [9.17, 15) is 4.79 Å². The highest BCUT2D eigenvalue weighted by Crippen LogP contribution is 2.41. The molecule has 0 spiro atoms. The number of carbonyl (C=O) groups excluding carboxylic acids is 1. The lowest BCUT2D eigenvalue weighted by Crippen LogP contribution is -2.59. The van der Waals surface area contributed by atoms with Gasteiger partial charge in [-0.2, -0.15) is 0 Å². The van der Waals surface area contributed by atoms with Crippen molar-refractivity contribution in [3.8, 4) is 5.75 Å². The van der Waals surface area contributed by atoms with Crippen molar-refractivity contribution in [1.29, 1.82) is 0 Å². The quantitative estimate of drug-likeness (QED) is 0.748. The molecule has 1 saturated carbocycles. The fraction of sp³-hybridized carbons (Fsp3) is 0.588. The number of esters is 1. The molecule has 4 heteroatoms. The Morgan fingerprint density at radius 2 is 2.10 bits per heavy atom. The van der Waals surface area contributed by atoms with Gasteiger partial charge in [-0.3, -0.25) is 5.32 Å². The number of hydrogen-bond donors (Lipinski definition) is 1. The Balaban J connectivity index is 2.15. The molecule has 21 heavy (non-hydrogen) atoms. The van der Waals surface area contributed by atoms with Gasteiger partial charge in [0.25, 0.3) is 0 Å². The third-order valence-corrected chi connectivity index (χ3v) is 4.06. The largest absolute Gasteiger partial charge is 0.491 e. The number of aryl methyl sites for hydroxylation is 1. The first-order valence-corrected chi connectivity index (χ1v) is 7.66. The zero-order chi connectivity index (χ0) is 15.3. The molecule has 0 aromatic heterocycles. The number of hydrogen-bond acceptors (Lipinski definition) is 4. The van der Waals surface area contributed by atoms with Crippen LogP contribution in [-0.4, -0.2) is 31.8 Å². The smallest absolute Gasteiger partial charge is 0.329 e. The van der Waals surface area contributed by atoms with Gasteiger partial charge < -0.3 is 9.47 Å². The van der Waals surface area contributed by atoms with Crippen molar-refractivity contribution in [3.63, 3.8) is 0 Å².